The van der Waals surface area contributed by atoms with Crippen LogP contribution < -0.4 is 5.32 Å². The molecule has 2 N–H and O–H groups in total. The van der Waals surface area contributed by atoms with Crippen LogP contribution in [-0.2, 0) is 4.79 Å². The van der Waals surface area contributed by atoms with E-state index in [4.69, 9.17) is 0 Å². The van der Waals surface area contributed by atoms with Crippen molar-refractivity contribution < 1.29 is 14.0 Å². The highest BCUT2D eigenvalue weighted by Crippen LogP contribution is 2.33. The number of rotatable bonds is 4. The Morgan fingerprint density at radius 3 is 2.65 bits per heavy atom. The van der Waals surface area contributed by atoms with E-state index in [9.17, 15) is 14.0 Å². The number of halogens is 1. The fourth-order valence-electron chi connectivity index (χ4n) is 4.03. The van der Waals surface area contributed by atoms with Gasteiger partial charge in [0.1, 0.15) is 11.9 Å². The Morgan fingerprint density at radius 2 is 1.96 bits per heavy atom. The quantitative estimate of drug-likeness (QED) is 0.825. The molecule has 0 radical (unpaired) electrons. The lowest BCUT2D eigenvalue weighted by atomic mass is 9.89. The zero-order chi connectivity index (χ0) is 18.3. The summed E-state index contributed by atoms with van der Waals surface area (Å²) < 4.78 is 13.6. The number of carbonyl (C=O) groups is 2. The van der Waals surface area contributed by atoms with E-state index >= 15 is 0 Å². The molecule has 2 aliphatic heterocycles. The number of aromatic amines is 1. The molecule has 4 rings (SSSR count). The standard InChI is InChI=1S/C19H23FN4O2/c1-12-18(25)24(19(26)22-12)9-8-23-6-4-13(5-7-23)16-11-21-17-3-2-14(20)10-15(16)17/h2-3,10-13,21H,4-9H2,1H3,(H,22,26). The molecule has 2 aromatic rings. The molecule has 6 nitrogen and oxygen atoms in total. The zero-order valence-corrected chi connectivity index (χ0v) is 14.8. The number of benzene rings is 1. The number of amides is 3. The van der Waals surface area contributed by atoms with Gasteiger partial charge in [0.05, 0.1) is 0 Å². The summed E-state index contributed by atoms with van der Waals surface area (Å²) in [5.74, 6) is 0.0443. The number of aromatic nitrogens is 1. The molecule has 2 saturated heterocycles. The highest BCUT2D eigenvalue weighted by atomic mass is 19.1. The summed E-state index contributed by atoms with van der Waals surface area (Å²) >= 11 is 0. The Hall–Kier alpha value is -2.41. The smallest absolute Gasteiger partial charge is 0.324 e. The monoisotopic (exact) mass is 358 g/mol. The third-order valence-corrected chi connectivity index (χ3v) is 5.56. The lowest BCUT2D eigenvalue weighted by Crippen LogP contribution is -2.41. The summed E-state index contributed by atoms with van der Waals surface area (Å²) in [6, 6.07) is 4.14. The number of nitrogens with one attached hydrogen (secondary N) is 2. The van der Waals surface area contributed by atoms with Crippen LogP contribution in [0.1, 0.15) is 31.2 Å². The first-order chi connectivity index (χ1) is 12.5. The lowest BCUT2D eigenvalue weighted by molar-refractivity contribution is -0.127. The molecule has 1 unspecified atom stereocenters. The van der Waals surface area contributed by atoms with Gasteiger partial charge in [-0.15, -0.1) is 0 Å². The van der Waals surface area contributed by atoms with Crippen LogP contribution in [0.3, 0.4) is 0 Å². The van der Waals surface area contributed by atoms with E-state index in [1.54, 1.807) is 19.1 Å². The van der Waals surface area contributed by atoms with Gasteiger partial charge < -0.3 is 15.2 Å². The molecular formula is C19H23FN4O2. The van der Waals surface area contributed by atoms with Crippen LogP contribution in [0.4, 0.5) is 9.18 Å². The maximum absolute atomic E-state index is 13.6. The topological polar surface area (TPSA) is 68.4 Å². The van der Waals surface area contributed by atoms with Crippen LogP contribution in [0.2, 0.25) is 0 Å². The molecule has 2 fully saturated rings. The average molecular weight is 358 g/mol. The largest absolute Gasteiger partial charge is 0.361 e. The van der Waals surface area contributed by atoms with Crippen molar-refractivity contribution in [1.82, 2.24) is 20.1 Å². The summed E-state index contributed by atoms with van der Waals surface area (Å²) in [6.45, 7) is 4.65. The Kier molecular flexibility index (Phi) is 4.40. The summed E-state index contributed by atoms with van der Waals surface area (Å²) in [7, 11) is 0. The first-order valence-corrected chi connectivity index (χ1v) is 9.13. The fourth-order valence-corrected chi connectivity index (χ4v) is 4.03. The van der Waals surface area contributed by atoms with Crippen molar-refractivity contribution in [3.63, 3.8) is 0 Å². The SMILES string of the molecule is CC1NC(=O)N(CCN2CCC(c3c[nH]c4ccc(F)cc34)CC2)C1=O. The van der Waals surface area contributed by atoms with E-state index in [0.717, 1.165) is 36.8 Å². The number of carbonyl (C=O) groups excluding carboxylic acids is 2. The van der Waals surface area contributed by atoms with Gasteiger partial charge >= 0.3 is 6.03 Å². The van der Waals surface area contributed by atoms with Crippen molar-refractivity contribution in [1.29, 1.82) is 0 Å². The Morgan fingerprint density at radius 1 is 1.19 bits per heavy atom. The number of hydrogen-bond donors (Lipinski definition) is 2. The van der Waals surface area contributed by atoms with Crippen molar-refractivity contribution in [3.05, 3.63) is 35.8 Å². The number of nitrogens with zero attached hydrogens (tertiary/aromatic N) is 2. The van der Waals surface area contributed by atoms with E-state index in [1.165, 1.54) is 16.5 Å². The fraction of sp³-hybridized carbons (Fsp3) is 0.474. The number of fused-ring (bicyclic) bond motifs is 1. The van der Waals surface area contributed by atoms with Gasteiger partial charge in [0.15, 0.2) is 0 Å². The van der Waals surface area contributed by atoms with Crippen LogP contribution in [0.5, 0.6) is 0 Å². The second-order valence-corrected chi connectivity index (χ2v) is 7.21. The lowest BCUT2D eigenvalue weighted by Gasteiger charge is -2.32. The number of hydrogen-bond acceptors (Lipinski definition) is 3. The van der Waals surface area contributed by atoms with E-state index in [-0.39, 0.29) is 17.8 Å². The molecule has 1 aromatic heterocycles. The summed E-state index contributed by atoms with van der Waals surface area (Å²) in [5, 5.41) is 3.61. The third kappa shape index (κ3) is 3.07. The molecule has 3 amide bonds. The van der Waals surface area contributed by atoms with Gasteiger partial charge in [-0.1, -0.05) is 0 Å². The van der Waals surface area contributed by atoms with Crippen LogP contribution in [-0.4, -0.2) is 58.9 Å². The van der Waals surface area contributed by atoms with Gasteiger partial charge in [-0.3, -0.25) is 9.69 Å². The summed E-state index contributed by atoms with van der Waals surface area (Å²) in [4.78, 5) is 30.5. The van der Waals surface area contributed by atoms with E-state index in [1.807, 2.05) is 6.20 Å². The van der Waals surface area contributed by atoms with Gasteiger partial charge in [-0.25, -0.2) is 9.18 Å². The molecule has 1 atom stereocenters. The van der Waals surface area contributed by atoms with Crippen LogP contribution >= 0.6 is 0 Å². The van der Waals surface area contributed by atoms with E-state index in [2.05, 4.69) is 15.2 Å². The maximum atomic E-state index is 13.6. The molecular weight excluding hydrogens is 335 g/mol. The van der Waals surface area contributed by atoms with Crippen molar-refractivity contribution in [3.8, 4) is 0 Å². The maximum Gasteiger partial charge on any atom is 0.324 e. The highest BCUT2D eigenvalue weighted by Gasteiger charge is 2.35. The Labute approximate surface area is 151 Å². The first-order valence-electron chi connectivity index (χ1n) is 9.13. The Balaban J connectivity index is 1.35. The average Bonchev–Trinajstić information content (AvgIpc) is 3.15. The minimum absolute atomic E-state index is 0.147. The van der Waals surface area contributed by atoms with Crippen LogP contribution in [0.25, 0.3) is 10.9 Å². The summed E-state index contributed by atoms with van der Waals surface area (Å²) in [6.07, 6.45) is 3.97. The van der Waals surface area contributed by atoms with Gasteiger partial charge in [0.25, 0.3) is 5.91 Å². The molecule has 26 heavy (non-hydrogen) atoms. The van der Waals surface area contributed by atoms with Crippen LogP contribution in [0.15, 0.2) is 24.4 Å². The van der Waals surface area contributed by atoms with E-state index in [0.29, 0.717) is 19.0 Å². The molecule has 138 valence electrons. The molecule has 1 aromatic carbocycles. The predicted octanol–water partition coefficient (Wildman–Crippen LogP) is 2.43. The zero-order valence-electron chi connectivity index (χ0n) is 14.8. The molecule has 0 spiro atoms. The number of likely N-dealkylation sites (tertiary alicyclic amines) is 1. The van der Waals surface area contributed by atoms with Gasteiger partial charge in [0, 0.05) is 30.2 Å². The third-order valence-electron chi connectivity index (χ3n) is 5.56. The molecule has 0 bridgehead atoms. The second kappa shape index (κ2) is 6.72. The highest BCUT2D eigenvalue weighted by molar-refractivity contribution is 6.03. The number of imide groups is 1. The first kappa shape index (κ1) is 17.0. The molecule has 3 heterocycles. The van der Waals surface area contributed by atoms with Crippen molar-refractivity contribution in [2.75, 3.05) is 26.2 Å². The number of piperidine rings is 1. The minimum Gasteiger partial charge on any atom is -0.361 e. The molecule has 0 aliphatic carbocycles. The van der Waals surface area contributed by atoms with Crippen molar-refractivity contribution >= 4 is 22.8 Å². The molecule has 7 heteroatoms. The van der Waals surface area contributed by atoms with Gasteiger partial charge in [-0.05, 0) is 62.5 Å². The number of urea groups is 1. The Bertz CT molecular complexity index is 841. The normalized spacial score (nSPS) is 22.4. The minimum atomic E-state index is -0.421. The van der Waals surface area contributed by atoms with E-state index < -0.39 is 6.04 Å². The van der Waals surface area contributed by atoms with Gasteiger partial charge in [-0.2, -0.15) is 0 Å². The molecule has 2 aliphatic rings. The van der Waals surface area contributed by atoms with Crippen molar-refractivity contribution in [2.45, 2.75) is 31.7 Å². The summed E-state index contributed by atoms with van der Waals surface area (Å²) in [5.41, 5.74) is 2.15. The molecule has 0 saturated carbocycles. The van der Waals surface area contributed by atoms with Crippen molar-refractivity contribution in [2.24, 2.45) is 0 Å². The van der Waals surface area contributed by atoms with Crippen LogP contribution in [0, 0.1) is 5.82 Å². The number of H-pyrrole nitrogens is 1. The second-order valence-electron chi connectivity index (χ2n) is 7.21. The predicted molar refractivity (Wildman–Crippen MR) is 96.4 cm³/mol. The van der Waals surface area contributed by atoms with Gasteiger partial charge in [0.2, 0.25) is 0 Å².